The van der Waals surface area contributed by atoms with Crippen molar-refractivity contribution in [2.24, 2.45) is 0 Å². The van der Waals surface area contributed by atoms with Crippen molar-refractivity contribution >= 4 is 0 Å². The van der Waals surface area contributed by atoms with E-state index in [0.29, 0.717) is 6.10 Å². The van der Waals surface area contributed by atoms with Gasteiger partial charge in [-0.2, -0.15) is 0 Å². The third-order valence-electron chi connectivity index (χ3n) is 6.01. The molecule has 2 fully saturated rings. The molecule has 146 valence electrons. The maximum Gasteiger partial charge on any atom is 0.0702 e. The number of hydrogen-bond donors (Lipinski definition) is 0. The lowest BCUT2D eigenvalue weighted by molar-refractivity contribution is -0.00262. The Morgan fingerprint density at radius 2 is 1.77 bits per heavy atom. The van der Waals surface area contributed by atoms with Gasteiger partial charge in [0, 0.05) is 52.4 Å². The Kier molecular flexibility index (Phi) is 7.10. The molecule has 2 heterocycles. The highest BCUT2D eigenvalue weighted by Gasteiger charge is 2.18. The van der Waals surface area contributed by atoms with Gasteiger partial charge in [0.2, 0.25) is 0 Å². The molecule has 0 spiro atoms. The van der Waals surface area contributed by atoms with Crippen LogP contribution in [0.5, 0.6) is 0 Å². The fourth-order valence-electron chi connectivity index (χ4n) is 4.19. The molecule has 0 aromatic heterocycles. The fourth-order valence-corrected chi connectivity index (χ4v) is 4.19. The minimum Gasteiger partial charge on any atom is -0.377 e. The van der Waals surface area contributed by atoms with Crippen molar-refractivity contribution in [3.63, 3.8) is 0 Å². The molecule has 0 amide bonds. The van der Waals surface area contributed by atoms with E-state index in [-0.39, 0.29) is 0 Å². The van der Waals surface area contributed by atoms with E-state index in [0.717, 1.165) is 26.2 Å². The van der Waals surface area contributed by atoms with Gasteiger partial charge in [-0.25, -0.2) is 0 Å². The van der Waals surface area contributed by atoms with Gasteiger partial charge in [0.15, 0.2) is 0 Å². The monoisotopic (exact) mass is 359 g/mol. The van der Waals surface area contributed by atoms with Crippen LogP contribution in [0.1, 0.15) is 41.5 Å². The van der Waals surface area contributed by atoms with Gasteiger partial charge in [0.05, 0.1) is 6.10 Å². The van der Waals surface area contributed by atoms with Crippen molar-refractivity contribution in [3.8, 4) is 0 Å². The van der Waals surface area contributed by atoms with Gasteiger partial charge >= 0.3 is 0 Å². The minimum atomic E-state index is 0.421. The quantitative estimate of drug-likeness (QED) is 0.777. The molecule has 1 atom stereocenters. The molecule has 4 heteroatoms. The summed E-state index contributed by atoms with van der Waals surface area (Å²) in [6.45, 7) is 13.3. The van der Waals surface area contributed by atoms with Gasteiger partial charge in [0.25, 0.3) is 0 Å². The number of rotatable bonds is 6. The molecule has 4 nitrogen and oxygen atoms in total. The lowest BCUT2D eigenvalue weighted by atomic mass is 9.98. The van der Waals surface area contributed by atoms with E-state index in [4.69, 9.17) is 4.74 Å². The van der Waals surface area contributed by atoms with E-state index in [9.17, 15) is 0 Å². The summed E-state index contributed by atoms with van der Waals surface area (Å²) < 4.78 is 5.92. The summed E-state index contributed by atoms with van der Waals surface area (Å²) >= 11 is 0. The van der Waals surface area contributed by atoms with Crippen molar-refractivity contribution in [2.75, 3.05) is 53.4 Å². The van der Waals surface area contributed by atoms with E-state index in [1.807, 2.05) is 0 Å². The van der Waals surface area contributed by atoms with Crippen LogP contribution < -0.4 is 0 Å². The lowest BCUT2D eigenvalue weighted by Crippen LogP contribution is -2.44. The second kappa shape index (κ2) is 9.32. The molecular weight excluding hydrogens is 322 g/mol. The lowest BCUT2D eigenvalue weighted by Gasteiger charge is -2.33. The van der Waals surface area contributed by atoms with Crippen molar-refractivity contribution in [2.45, 2.75) is 52.3 Å². The largest absolute Gasteiger partial charge is 0.377 e. The molecule has 26 heavy (non-hydrogen) atoms. The minimum absolute atomic E-state index is 0.421. The molecule has 0 N–H and O–H groups in total. The zero-order valence-electron chi connectivity index (χ0n) is 17.3. The zero-order valence-corrected chi connectivity index (χ0v) is 17.3. The molecule has 2 saturated heterocycles. The third kappa shape index (κ3) is 5.53. The maximum absolute atomic E-state index is 5.92. The molecule has 0 unspecified atom stereocenters. The van der Waals surface area contributed by atoms with Gasteiger partial charge in [0.1, 0.15) is 0 Å². The zero-order chi connectivity index (χ0) is 18.5. The Morgan fingerprint density at radius 3 is 2.46 bits per heavy atom. The van der Waals surface area contributed by atoms with Gasteiger partial charge in [-0.05, 0) is 69.5 Å². The van der Waals surface area contributed by atoms with Crippen molar-refractivity contribution in [1.82, 2.24) is 14.7 Å². The number of nitrogens with zero attached hydrogens (tertiary/aromatic N) is 3. The van der Waals surface area contributed by atoms with Crippen LogP contribution in [-0.4, -0.2) is 74.2 Å². The van der Waals surface area contributed by atoms with Crippen LogP contribution in [0.4, 0.5) is 0 Å². The van der Waals surface area contributed by atoms with Gasteiger partial charge in [-0.3, -0.25) is 9.80 Å². The third-order valence-corrected chi connectivity index (χ3v) is 6.01. The van der Waals surface area contributed by atoms with Crippen LogP contribution in [0, 0.1) is 13.8 Å². The summed E-state index contributed by atoms with van der Waals surface area (Å²) in [5.74, 6) is 0. The second-order valence-corrected chi connectivity index (χ2v) is 8.47. The highest BCUT2D eigenvalue weighted by atomic mass is 16.5. The van der Waals surface area contributed by atoms with Gasteiger partial charge in [-0.1, -0.05) is 12.1 Å². The van der Waals surface area contributed by atoms with Gasteiger partial charge in [-0.15, -0.1) is 0 Å². The summed E-state index contributed by atoms with van der Waals surface area (Å²) in [4.78, 5) is 7.46. The van der Waals surface area contributed by atoms with Crippen LogP contribution in [0.2, 0.25) is 0 Å². The number of likely N-dealkylation sites (N-methyl/N-ethyl adjacent to an activating group) is 2. The molecule has 0 bridgehead atoms. The highest BCUT2D eigenvalue weighted by Crippen LogP contribution is 2.21. The Bertz CT molecular complexity index is 575. The summed E-state index contributed by atoms with van der Waals surface area (Å²) in [5, 5.41) is 0. The first kappa shape index (κ1) is 19.8. The SMILES string of the molecule is Cc1cc(C)c(CN2CCN(C)CC2)cc1CN(C)C[C@@H]1CCCCO1. The van der Waals surface area contributed by atoms with E-state index < -0.39 is 0 Å². The van der Waals surface area contributed by atoms with Crippen LogP contribution in [0.25, 0.3) is 0 Å². The average Bonchev–Trinajstić information content (AvgIpc) is 2.62. The molecule has 0 saturated carbocycles. The summed E-state index contributed by atoms with van der Waals surface area (Å²) in [5.41, 5.74) is 5.82. The molecule has 0 radical (unpaired) electrons. The summed E-state index contributed by atoms with van der Waals surface area (Å²) in [7, 11) is 4.45. The number of hydrogen-bond acceptors (Lipinski definition) is 4. The van der Waals surface area contributed by atoms with Crippen molar-refractivity contribution < 1.29 is 4.74 Å². The molecule has 1 aromatic rings. The second-order valence-electron chi connectivity index (χ2n) is 8.47. The normalized spacial score (nSPS) is 22.9. The van der Waals surface area contributed by atoms with Gasteiger partial charge < -0.3 is 9.64 Å². The van der Waals surface area contributed by atoms with E-state index in [2.05, 4.69) is 54.8 Å². The number of benzene rings is 1. The molecule has 2 aliphatic heterocycles. The van der Waals surface area contributed by atoms with Crippen LogP contribution >= 0.6 is 0 Å². The highest BCUT2D eigenvalue weighted by molar-refractivity contribution is 5.37. The molecule has 0 aliphatic carbocycles. The average molecular weight is 360 g/mol. The first-order valence-corrected chi connectivity index (χ1v) is 10.3. The molecule has 1 aromatic carbocycles. The molecule has 3 rings (SSSR count). The predicted octanol–water partition coefficient (Wildman–Crippen LogP) is 3.05. The Balaban J connectivity index is 1.61. The predicted molar refractivity (Wildman–Crippen MR) is 109 cm³/mol. The Morgan fingerprint density at radius 1 is 1.04 bits per heavy atom. The van der Waals surface area contributed by atoms with Crippen LogP contribution in [0.15, 0.2) is 12.1 Å². The number of ether oxygens (including phenoxy) is 1. The summed E-state index contributed by atoms with van der Waals surface area (Å²) in [6.07, 6.45) is 4.18. The Labute approximate surface area is 160 Å². The molecular formula is C22H37N3O. The van der Waals surface area contributed by atoms with Crippen LogP contribution in [-0.2, 0) is 17.8 Å². The van der Waals surface area contributed by atoms with Crippen molar-refractivity contribution in [3.05, 3.63) is 34.4 Å². The van der Waals surface area contributed by atoms with E-state index >= 15 is 0 Å². The first-order chi connectivity index (χ1) is 12.5. The fraction of sp³-hybridized carbons (Fsp3) is 0.727. The standard InChI is InChI=1S/C22H37N3O/c1-18-13-19(2)21(16-25-10-8-23(3)9-11-25)14-20(18)15-24(4)17-22-7-5-6-12-26-22/h13-14,22H,5-12,15-17H2,1-4H3/t22-/m0/s1. The van der Waals surface area contributed by atoms with Crippen molar-refractivity contribution in [1.29, 1.82) is 0 Å². The van der Waals surface area contributed by atoms with E-state index in [1.165, 1.54) is 67.7 Å². The first-order valence-electron chi connectivity index (χ1n) is 10.3. The van der Waals surface area contributed by atoms with E-state index in [1.54, 1.807) is 0 Å². The van der Waals surface area contributed by atoms with Crippen LogP contribution in [0.3, 0.4) is 0 Å². The molecule has 2 aliphatic rings. The number of piperazine rings is 1. The summed E-state index contributed by atoms with van der Waals surface area (Å²) in [6, 6.07) is 4.84. The smallest absolute Gasteiger partial charge is 0.0702 e. The number of aryl methyl sites for hydroxylation is 2. The Hall–Kier alpha value is -0.940. The topological polar surface area (TPSA) is 19.0 Å². The maximum atomic E-state index is 5.92.